The van der Waals surface area contributed by atoms with Gasteiger partial charge in [-0.25, -0.2) is 0 Å². The first-order valence-electron chi connectivity index (χ1n) is 5.01. The lowest BCUT2D eigenvalue weighted by Crippen LogP contribution is -2.23. The minimum absolute atomic E-state index is 0.0129. The van der Waals surface area contributed by atoms with Gasteiger partial charge in [0.1, 0.15) is 12.4 Å². The number of nitrogens with zero attached hydrogens (tertiary/aromatic N) is 1. The van der Waals surface area contributed by atoms with E-state index in [-0.39, 0.29) is 12.2 Å². The summed E-state index contributed by atoms with van der Waals surface area (Å²) in [7, 11) is 0. The molecule has 0 spiro atoms. The molecule has 0 N–H and O–H groups in total. The predicted molar refractivity (Wildman–Crippen MR) is 59.5 cm³/mol. The largest absolute Gasteiger partial charge is 0.363 e. The molecule has 1 saturated heterocycles. The van der Waals surface area contributed by atoms with Crippen molar-refractivity contribution in [1.82, 2.24) is 4.98 Å². The first-order chi connectivity index (χ1) is 7.29. The Balaban J connectivity index is 2.13. The molecule has 1 fully saturated rings. The zero-order valence-corrected chi connectivity index (χ0v) is 9.81. The number of halogens is 1. The summed E-state index contributed by atoms with van der Waals surface area (Å²) < 4.78 is 6.59. The van der Waals surface area contributed by atoms with Crippen LogP contribution < -0.4 is 0 Å². The summed E-state index contributed by atoms with van der Waals surface area (Å²) in [6.45, 7) is 0. The maximum atomic E-state index is 10.7. The summed E-state index contributed by atoms with van der Waals surface area (Å²) in [6.07, 6.45) is 7.01. The third kappa shape index (κ3) is 2.63. The van der Waals surface area contributed by atoms with E-state index in [0.717, 1.165) is 35.6 Å². The van der Waals surface area contributed by atoms with E-state index in [4.69, 9.17) is 4.74 Å². The number of hydrogen-bond donors (Lipinski definition) is 0. The third-order valence-electron chi connectivity index (χ3n) is 2.54. The highest BCUT2D eigenvalue weighted by Gasteiger charge is 2.23. The molecule has 0 saturated carbocycles. The Morgan fingerprint density at radius 1 is 1.47 bits per heavy atom. The Hall–Kier alpha value is -0.740. The van der Waals surface area contributed by atoms with Gasteiger partial charge in [0, 0.05) is 22.4 Å². The number of aromatic nitrogens is 1. The minimum atomic E-state index is -0.247. The van der Waals surface area contributed by atoms with Crippen LogP contribution in [0.15, 0.2) is 22.9 Å². The smallest absolute Gasteiger partial charge is 0.148 e. The fraction of sp³-hybridized carbons (Fsp3) is 0.455. The first kappa shape index (κ1) is 10.8. The van der Waals surface area contributed by atoms with Gasteiger partial charge in [0.2, 0.25) is 0 Å². The van der Waals surface area contributed by atoms with Gasteiger partial charge in [0.05, 0.1) is 6.10 Å². The first-order valence-corrected chi connectivity index (χ1v) is 5.80. The number of aldehydes is 1. The summed E-state index contributed by atoms with van der Waals surface area (Å²) in [6, 6.07) is 1.99. The molecule has 15 heavy (non-hydrogen) atoms. The van der Waals surface area contributed by atoms with Crippen molar-refractivity contribution < 1.29 is 9.53 Å². The molecule has 4 heteroatoms. The molecule has 0 amide bonds. The molecule has 2 rings (SSSR count). The van der Waals surface area contributed by atoms with Gasteiger partial charge in [-0.1, -0.05) is 0 Å². The van der Waals surface area contributed by atoms with Gasteiger partial charge < -0.3 is 9.53 Å². The van der Waals surface area contributed by atoms with E-state index in [1.54, 1.807) is 12.4 Å². The molecule has 2 unspecified atom stereocenters. The molecule has 1 aromatic heterocycles. The van der Waals surface area contributed by atoms with Crippen molar-refractivity contribution >= 4 is 22.2 Å². The standard InChI is InChI=1S/C11H12BrNO2/c12-9-4-8(5-13-6-9)11-3-1-2-10(7-14)15-11/h4-7,10-11H,1-3H2. The Kier molecular flexibility index (Phi) is 3.49. The molecule has 3 nitrogen and oxygen atoms in total. The second kappa shape index (κ2) is 4.86. The van der Waals surface area contributed by atoms with E-state index in [1.165, 1.54) is 0 Å². The summed E-state index contributed by atoms with van der Waals surface area (Å²) >= 11 is 3.37. The fourth-order valence-corrected chi connectivity index (χ4v) is 2.18. The Bertz CT molecular complexity index is 356. The summed E-state index contributed by atoms with van der Waals surface area (Å²) in [5.41, 5.74) is 1.04. The topological polar surface area (TPSA) is 39.2 Å². The van der Waals surface area contributed by atoms with E-state index in [9.17, 15) is 4.79 Å². The van der Waals surface area contributed by atoms with Crippen molar-refractivity contribution in [2.24, 2.45) is 0 Å². The lowest BCUT2D eigenvalue weighted by molar-refractivity contribution is -0.127. The third-order valence-corrected chi connectivity index (χ3v) is 2.98. The number of hydrogen-bond acceptors (Lipinski definition) is 3. The number of carbonyl (C=O) groups excluding carboxylic acids is 1. The predicted octanol–water partition coefficient (Wildman–Crippen LogP) is 2.65. The van der Waals surface area contributed by atoms with Gasteiger partial charge in [0.25, 0.3) is 0 Å². The second-order valence-corrected chi connectivity index (χ2v) is 4.58. The van der Waals surface area contributed by atoms with Gasteiger partial charge in [-0.05, 0) is 41.3 Å². The van der Waals surface area contributed by atoms with Crippen LogP contribution in [-0.4, -0.2) is 17.4 Å². The summed E-state index contributed by atoms with van der Waals surface area (Å²) in [4.78, 5) is 14.7. The normalized spacial score (nSPS) is 26.2. The average Bonchev–Trinajstić information content (AvgIpc) is 2.29. The van der Waals surface area contributed by atoms with Crippen molar-refractivity contribution in [3.8, 4) is 0 Å². The second-order valence-electron chi connectivity index (χ2n) is 3.67. The SMILES string of the molecule is O=CC1CCCC(c2cncc(Br)c2)O1. The number of carbonyl (C=O) groups is 1. The lowest BCUT2D eigenvalue weighted by Gasteiger charge is -2.27. The molecule has 2 heterocycles. The Morgan fingerprint density at radius 3 is 3.07 bits per heavy atom. The monoisotopic (exact) mass is 269 g/mol. The van der Waals surface area contributed by atoms with Crippen molar-refractivity contribution in [2.75, 3.05) is 0 Å². The minimum Gasteiger partial charge on any atom is -0.363 e. The molecule has 0 radical (unpaired) electrons. The van der Waals surface area contributed by atoms with Crippen molar-refractivity contribution in [3.63, 3.8) is 0 Å². The van der Waals surface area contributed by atoms with E-state index in [0.29, 0.717) is 0 Å². The van der Waals surface area contributed by atoms with Gasteiger partial charge in [-0.3, -0.25) is 4.98 Å². The summed E-state index contributed by atoms with van der Waals surface area (Å²) in [5, 5.41) is 0. The molecule has 2 atom stereocenters. The van der Waals surface area contributed by atoms with Crippen LogP contribution in [0.3, 0.4) is 0 Å². The van der Waals surface area contributed by atoms with Gasteiger partial charge in [0.15, 0.2) is 0 Å². The quantitative estimate of drug-likeness (QED) is 0.775. The van der Waals surface area contributed by atoms with Gasteiger partial charge in [-0.2, -0.15) is 0 Å². The van der Waals surface area contributed by atoms with Crippen LogP contribution in [0.4, 0.5) is 0 Å². The van der Waals surface area contributed by atoms with Crippen LogP contribution in [0, 0.1) is 0 Å². The van der Waals surface area contributed by atoms with Crippen molar-refractivity contribution in [2.45, 2.75) is 31.5 Å². The van der Waals surface area contributed by atoms with E-state index in [1.807, 2.05) is 6.07 Å². The molecular weight excluding hydrogens is 258 g/mol. The van der Waals surface area contributed by atoms with Crippen LogP contribution in [0.25, 0.3) is 0 Å². The molecule has 0 aliphatic carbocycles. The van der Waals surface area contributed by atoms with Gasteiger partial charge >= 0.3 is 0 Å². The van der Waals surface area contributed by atoms with Crippen LogP contribution in [0.5, 0.6) is 0 Å². The molecule has 1 aliphatic heterocycles. The zero-order chi connectivity index (χ0) is 10.7. The van der Waals surface area contributed by atoms with Crippen LogP contribution >= 0.6 is 15.9 Å². The lowest BCUT2D eigenvalue weighted by atomic mass is 10.00. The molecule has 1 aliphatic rings. The average molecular weight is 270 g/mol. The van der Waals surface area contributed by atoms with E-state index < -0.39 is 0 Å². The van der Waals surface area contributed by atoms with E-state index >= 15 is 0 Å². The van der Waals surface area contributed by atoms with Crippen LogP contribution in [0.2, 0.25) is 0 Å². The van der Waals surface area contributed by atoms with Gasteiger partial charge in [-0.15, -0.1) is 0 Å². The molecule has 0 bridgehead atoms. The molecular formula is C11H12BrNO2. The maximum absolute atomic E-state index is 10.7. The Labute approximate surface area is 97.0 Å². The van der Waals surface area contributed by atoms with Crippen molar-refractivity contribution in [3.05, 3.63) is 28.5 Å². The zero-order valence-electron chi connectivity index (χ0n) is 8.23. The fourth-order valence-electron chi connectivity index (χ4n) is 1.80. The maximum Gasteiger partial charge on any atom is 0.148 e. The highest BCUT2D eigenvalue weighted by Crippen LogP contribution is 2.31. The highest BCUT2D eigenvalue weighted by molar-refractivity contribution is 9.10. The number of ether oxygens (including phenoxy) is 1. The van der Waals surface area contributed by atoms with Crippen LogP contribution in [-0.2, 0) is 9.53 Å². The molecule has 0 aromatic carbocycles. The van der Waals surface area contributed by atoms with Crippen molar-refractivity contribution in [1.29, 1.82) is 0 Å². The Morgan fingerprint density at radius 2 is 2.33 bits per heavy atom. The highest BCUT2D eigenvalue weighted by atomic mass is 79.9. The van der Waals surface area contributed by atoms with Crippen LogP contribution in [0.1, 0.15) is 30.9 Å². The summed E-state index contributed by atoms with van der Waals surface area (Å²) in [5.74, 6) is 0. The number of rotatable bonds is 2. The van der Waals surface area contributed by atoms with E-state index in [2.05, 4.69) is 20.9 Å². The number of pyridine rings is 1. The molecule has 1 aromatic rings. The molecule has 80 valence electrons.